The molecule has 3 aromatic carbocycles. The number of imidazole rings is 1. The molecule has 0 radical (unpaired) electrons. The Morgan fingerprint density at radius 1 is 0.969 bits per heavy atom. The summed E-state index contributed by atoms with van der Waals surface area (Å²) in [4.78, 5) is 28.4. The fourth-order valence-electron chi connectivity index (χ4n) is 3.57. The highest BCUT2D eigenvalue weighted by molar-refractivity contribution is 8.18. The zero-order valence-electron chi connectivity index (χ0n) is 16.5. The van der Waals surface area contributed by atoms with Crippen LogP contribution in [0.25, 0.3) is 28.5 Å². The average molecular weight is 480 g/mol. The number of aromatic nitrogens is 2. The minimum atomic E-state index is -0.373. The van der Waals surface area contributed by atoms with Crippen LogP contribution in [0.5, 0.6) is 0 Å². The molecule has 32 heavy (non-hydrogen) atoms. The highest BCUT2D eigenvalue weighted by atomic mass is 35.5. The number of hydrogen-bond acceptors (Lipinski definition) is 4. The second-order valence-electron chi connectivity index (χ2n) is 7.24. The summed E-state index contributed by atoms with van der Waals surface area (Å²) >= 11 is 13.4. The van der Waals surface area contributed by atoms with Gasteiger partial charge in [0.05, 0.1) is 26.0 Å². The van der Waals surface area contributed by atoms with Gasteiger partial charge in [0.1, 0.15) is 5.82 Å². The molecule has 0 bridgehead atoms. The molecular weight excluding hydrogens is 465 g/mol. The number of thioether (sulfide) groups is 1. The monoisotopic (exact) mass is 479 g/mol. The van der Waals surface area contributed by atoms with Crippen LogP contribution in [0.1, 0.15) is 11.1 Å². The van der Waals surface area contributed by atoms with Gasteiger partial charge >= 0.3 is 0 Å². The van der Waals surface area contributed by atoms with Crippen LogP contribution in [0.4, 0.5) is 4.79 Å². The number of hydrogen-bond donors (Lipinski definition) is 1. The van der Waals surface area contributed by atoms with Gasteiger partial charge in [-0.15, -0.1) is 0 Å². The van der Waals surface area contributed by atoms with Gasteiger partial charge in [0.25, 0.3) is 11.1 Å². The lowest BCUT2D eigenvalue weighted by molar-refractivity contribution is -0.115. The van der Waals surface area contributed by atoms with Crippen molar-refractivity contribution in [3.05, 3.63) is 92.8 Å². The fourth-order valence-corrected chi connectivity index (χ4v) is 4.57. The Bertz CT molecular complexity index is 1400. The molecule has 4 aromatic rings. The van der Waals surface area contributed by atoms with E-state index in [4.69, 9.17) is 28.2 Å². The van der Waals surface area contributed by atoms with E-state index < -0.39 is 0 Å². The Balaban J connectivity index is 1.57. The van der Waals surface area contributed by atoms with Crippen LogP contribution in [0, 0.1) is 0 Å². The molecule has 0 atom stereocenters. The number of rotatable bonds is 4. The molecule has 1 N–H and O–H groups in total. The van der Waals surface area contributed by atoms with Crippen molar-refractivity contribution >= 4 is 63.2 Å². The Hall–Kier alpha value is -3.06. The SMILES string of the molecule is O=C1NC(=O)C(=Cc2ccc(-c3nc4cc(Cl)c(Cl)cc4n3Cc3ccccc3)cc2)S1. The van der Waals surface area contributed by atoms with Crippen molar-refractivity contribution < 1.29 is 9.59 Å². The second kappa shape index (κ2) is 8.47. The molecular formula is C24H15Cl2N3O2S. The Kier molecular flexibility index (Phi) is 5.51. The van der Waals surface area contributed by atoms with E-state index >= 15 is 0 Å². The third kappa shape index (κ3) is 4.05. The average Bonchev–Trinajstić information content (AvgIpc) is 3.28. The molecule has 5 rings (SSSR count). The van der Waals surface area contributed by atoms with Gasteiger partial charge in [-0.1, -0.05) is 77.8 Å². The molecule has 2 heterocycles. The summed E-state index contributed by atoms with van der Waals surface area (Å²) in [6.45, 7) is 0.620. The largest absolute Gasteiger partial charge is 0.319 e. The summed E-state index contributed by atoms with van der Waals surface area (Å²) in [5.41, 5.74) is 4.51. The van der Waals surface area contributed by atoms with Crippen molar-refractivity contribution in [1.82, 2.24) is 14.9 Å². The van der Waals surface area contributed by atoms with Crippen molar-refractivity contribution in [2.45, 2.75) is 6.54 Å². The van der Waals surface area contributed by atoms with Crippen LogP contribution in [0.2, 0.25) is 10.0 Å². The molecule has 5 nitrogen and oxygen atoms in total. The van der Waals surface area contributed by atoms with Crippen LogP contribution < -0.4 is 5.32 Å². The van der Waals surface area contributed by atoms with Gasteiger partial charge in [0.2, 0.25) is 0 Å². The topological polar surface area (TPSA) is 64.0 Å². The first-order valence-corrected chi connectivity index (χ1v) is 11.3. The fraction of sp³-hybridized carbons (Fsp3) is 0.0417. The summed E-state index contributed by atoms with van der Waals surface area (Å²) < 4.78 is 2.11. The molecule has 1 aliphatic heterocycles. The van der Waals surface area contributed by atoms with Crippen LogP contribution in [0.15, 0.2) is 71.6 Å². The van der Waals surface area contributed by atoms with E-state index in [2.05, 4.69) is 22.0 Å². The number of halogens is 2. The molecule has 158 valence electrons. The minimum absolute atomic E-state index is 0.357. The van der Waals surface area contributed by atoms with E-state index in [0.717, 1.165) is 45.3 Å². The minimum Gasteiger partial charge on any atom is -0.319 e. The third-order valence-electron chi connectivity index (χ3n) is 5.08. The molecule has 1 fully saturated rings. The van der Waals surface area contributed by atoms with Crippen molar-refractivity contribution in [3.63, 3.8) is 0 Å². The molecule has 0 unspecified atom stereocenters. The lowest BCUT2D eigenvalue weighted by Crippen LogP contribution is -2.17. The Labute approximate surface area is 198 Å². The van der Waals surface area contributed by atoms with E-state index in [-0.39, 0.29) is 11.1 Å². The maximum atomic E-state index is 11.8. The predicted octanol–water partition coefficient (Wildman–Crippen LogP) is 6.38. The molecule has 1 aromatic heterocycles. The molecule has 0 aliphatic carbocycles. The predicted molar refractivity (Wildman–Crippen MR) is 130 cm³/mol. The van der Waals surface area contributed by atoms with Crippen LogP contribution in [-0.2, 0) is 11.3 Å². The van der Waals surface area contributed by atoms with Gasteiger partial charge in [-0.3, -0.25) is 14.9 Å². The van der Waals surface area contributed by atoms with E-state index in [1.807, 2.05) is 48.5 Å². The third-order valence-corrected chi connectivity index (χ3v) is 6.62. The van der Waals surface area contributed by atoms with Crippen molar-refractivity contribution in [2.75, 3.05) is 0 Å². The van der Waals surface area contributed by atoms with Crippen LogP contribution in [-0.4, -0.2) is 20.7 Å². The van der Waals surface area contributed by atoms with Gasteiger partial charge < -0.3 is 4.57 Å². The van der Waals surface area contributed by atoms with E-state index in [1.54, 1.807) is 12.1 Å². The molecule has 0 spiro atoms. The number of carbonyl (C=O) groups is 2. The smallest absolute Gasteiger partial charge is 0.290 e. The molecule has 2 amide bonds. The Morgan fingerprint density at radius 2 is 1.69 bits per heavy atom. The first kappa shape index (κ1) is 20.8. The highest BCUT2D eigenvalue weighted by Gasteiger charge is 2.25. The number of fused-ring (bicyclic) bond motifs is 1. The van der Waals surface area contributed by atoms with Gasteiger partial charge in [0, 0.05) is 12.1 Å². The lowest BCUT2D eigenvalue weighted by Gasteiger charge is -2.10. The lowest BCUT2D eigenvalue weighted by atomic mass is 10.1. The highest BCUT2D eigenvalue weighted by Crippen LogP contribution is 2.32. The van der Waals surface area contributed by atoms with Gasteiger partial charge in [-0.2, -0.15) is 0 Å². The van der Waals surface area contributed by atoms with Crippen molar-refractivity contribution in [3.8, 4) is 11.4 Å². The maximum Gasteiger partial charge on any atom is 0.290 e. The number of imide groups is 1. The normalized spacial score (nSPS) is 15.0. The Morgan fingerprint density at radius 3 is 2.38 bits per heavy atom. The standard InChI is InChI=1S/C24H15Cl2N3O2S/c25-17-11-19-20(12-18(17)26)29(13-15-4-2-1-3-5-15)22(27-19)16-8-6-14(7-9-16)10-21-23(30)28-24(31)32-21/h1-12H,13H2,(H,28,30,31). The maximum absolute atomic E-state index is 11.8. The number of carbonyl (C=O) groups excluding carboxylic acids is 2. The van der Waals surface area contributed by atoms with Crippen LogP contribution >= 0.6 is 35.0 Å². The van der Waals surface area contributed by atoms with E-state index in [0.29, 0.717) is 21.5 Å². The first-order chi connectivity index (χ1) is 15.5. The van der Waals surface area contributed by atoms with E-state index in [1.165, 1.54) is 0 Å². The van der Waals surface area contributed by atoms with Gasteiger partial charge in [0.15, 0.2) is 0 Å². The first-order valence-electron chi connectivity index (χ1n) is 9.72. The number of benzene rings is 3. The van der Waals surface area contributed by atoms with Gasteiger partial charge in [-0.25, -0.2) is 4.98 Å². The zero-order chi connectivity index (χ0) is 22.2. The summed E-state index contributed by atoms with van der Waals surface area (Å²) in [7, 11) is 0. The number of nitrogens with zero attached hydrogens (tertiary/aromatic N) is 2. The summed E-state index contributed by atoms with van der Waals surface area (Å²) in [6, 6.07) is 21.4. The van der Waals surface area contributed by atoms with Crippen molar-refractivity contribution in [1.29, 1.82) is 0 Å². The number of nitrogens with one attached hydrogen (secondary N) is 1. The summed E-state index contributed by atoms with van der Waals surface area (Å²) in [6.07, 6.45) is 1.70. The van der Waals surface area contributed by atoms with E-state index in [9.17, 15) is 9.59 Å². The summed E-state index contributed by atoms with van der Waals surface area (Å²) in [5, 5.41) is 2.84. The molecule has 8 heteroatoms. The molecule has 1 saturated heterocycles. The number of amides is 2. The second-order valence-corrected chi connectivity index (χ2v) is 9.07. The zero-order valence-corrected chi connectivity index (χ0v) is 18.8. The van der Waals surface area contributed by atoms with Crippen LogP contribution in [0.3, 0.4) is 0 Å². The molecule has 1 aliphatic rings. The quantitative estimate of drug-likeness (QED) is 0.344. The van der Waals surface area contributed by atoms with Gasteiger partial charge in [-0.05, 0) is 41.1 Å². The molecule has 0 saturated carbocycles. The summed E-state index contributed by atoms with van der Waals surface area (Å²) in [5.74, 6) is 0.409. The van der Waals surface area contributed by atoms with Crippen molar-refractivity contribution in [2.24, 2.45) is 0 Å².